The molecular weight excluding hydrogens is 258 g/mol. The molecule has 1 amide bonds. The summed E-state index contributed by atoms with van der Waals surface area (Å²) in [5.41, 5.74) is 6.42. The number of carbonyl (C=O) groups is 1. The molecule has 1 aromatic rings. The maximum atomic E-state index is 11.5. The Bertz CT molecular complexity index is 459. The number of nitrogens with two attached hydrogens (primary N) is 1. The van der Waals surface area contributed by atoms with E-state index in [2.05, 4.69) is 29.0 Å². The average Bonchev–Trinajstić information content (AvgIpc) is 2.83. The van der Waals surface area contributed by atoms with Crippen molar-refractivity contribution in [2.75, 3.05) is 26.7 Å². The zero-order valence-corrected chi connectivity index (χ0v) is 12.3. The Kier molecular flexibility index (Phi) is 7.19. The maximum absolute atomic E-state index is 11.5. The van der Waals surface area contributed by atoms with E-state index >= 15 is 0 Å². The summed E-state index contributed by atoms with van der Waals surface area (Å²) in [6, 6.07) is 2.01. The van der Waals surface area contributed by atoms with Crippen molar-refractivity contribution < 1.29 is 4.79 Å². The molecule has 1 aromatic heterocycles. The van der Waals surface area contributed by atoms with Gasteiger partial charge in [0.15, 0.2) is 0 Å². The number of thiophene rings is 1. The predicted molar refractivity (Wildman–Crippen MR) is 79.9 cm³/mol. The van der Waals surface area contributed by atoms with Gasteiger partial charge in [-0.3, -0.25) is 9.69 Å². The number of nitrogens with one attached hydrogen (secondary N) is 1. The lowest BCUT2D eigenvalue weighted by molar-refractivity contribution is -0.121. The van der Waals surface area contributed by atoms with E-state index in [0.29, 0.717) is 13.1 Å². The molecule has 19 heavy (non-hydrogen) atoms. The molecule has 3 N–H and O–H groups in total. The summed E-state index contributed by atoms with van der Waals surface area (Å²) >= 11 is 1.67. The third-order valence-electron chi connectivity index (χ3n) is 2.62. The molecule has 0 unspecified atom stereocenters. The van der Waals surface area contributed by atoms with Gasteiger partial charge in [-0.25, -0.2) is 0 Å². The first-order valence-electron chi connectivity index (χ1n) is 6.39. The smallest absolute Gasteiger partial charge is 0.233 e. The summed E-state index contributed by atoms with van der Waals surface area (Å²) in [5.74, 6) is 5.99. The van der Waals surface area contributed by atoms with Crippen LogP contribution < -0.4 is 11.1 Å². The molecule has 0 fully saturated rings. The van der Waals surface area contributed by atoms with Gasteiger partial charge in [-0.1, -0.05) is 18.8 Å². The van der Waals surface area contributed by atoms with Crippen LogP contribution in [0.1, 0.15) is 23.8 Å². The minimum Gasteiger partial charge on any atom is -0.358 e. The normalized spacial score (nSPS) is 10.1. The summed E-state index contributed by atoms with van der Waals surface area (Å²) in [5, 5.41) is 4.69. The van der Waals surface area contributed by atoms with Crippen molar-refractivity contribution in [1.82, 2.24) is 10.2 Å². The van der Waals surface area contributed by atoms with Crippen molar-refractivity contribution in [1.29, 1.82) is 0 Å². The fraction of sp³-hybridized carbons (Fsp3) is 0.500. The summed E-state index contributed by atoms with van der Waals surface area (Å²) in [7, 11) is 1.66. The van der Waals surface area contributed by atoms with E-state index in [0.717, 1.165) is 25.1 Å². The van der Waals surface area contributed by atoms with Crippen LogP contribution in [0.25, 0.3) is 0 Å². The Balaban J connectivity index is 2.73. The van der Waals surface area contributed by atoms with Gasteiger partial charge in [-0.15, -0.1) is 11.3 Å². The Morgan fingerprint density at radius 2 is 2.37 bits per heavy atom. The van der Waals surface area contributed by atoms with Gasteiger partial charge >= 0.3 is 0 Å². The van der Waals surface area contributed by atoms with Gasteiger partial charge in [-0.05, 0) is 24.4 Å². The van der Waals surface area contributed by atoms with Crippen molar-refractivity contribution in [3.8, 4) is 11.8 Å². The lowest BCUT2D eigenvalue weighted by atomic mass is 10.2. The first-order valence-corrected chi connectivity index (χ1v) is 7.27. The molecular formula is C14H21N3OS. The molecule has 0 spiro atoms. The second-order valence-electron chi connectivity index (χ2n) is 4.15. The molecule has 104 valence electrons. The zero-order chi connectivity index (χ0) is 14.1. The quantitative estimate of drug-likeness (QED) is 0.764. The van der Waals surface area contributed by atoms with Crippen LogP contribution in [0.4, 0.5) is 0 Å². The van der Waals surface area contributed by atoms with Crippen LogP contribution in [-0.4, -0.2) is 37.5 Å². The second-order valence-corrected chi connectivity index (χ2v) is 5.15. The molecule has 0 atom stereocenters. The highest BCUT2D eigenvalue weighted by Gasteiger charge is 2.12. The molecule has 0 aliphatic carbocycles. The number of hydrogen-bond acceptors (Lipinski definition) is 4. The van der Waals surface area contributed by atoms with Crippen LogP contribution in [-0.2, 0) is 11.3 Å². The predicted octanol–water partition coefficient (Wildman–Crippen LogP) is 1.02. The van der Waals surface area contributed by atoms with Gasteiger partial charge in [-0.2, -0.15) is 0 Å². The van der Waals surface area contributed by atoms with E-state index in [1.807, 2.05) is 11.4 Å². The molecule has 0 radical (unpaired) electrons. The lowest BCUT2D eigenvalue weighted by Gasteiger charge is -2.20. The zero-order valence-electron chi connectivity index (χ0n) is 11.5. The number of likely N-dealkylation sites (N-methyl/N-ethyl adjacent to an activating group) is 1. The average molecular weight is 279 g/mol. The van der Waals surface area contributed by atoms with Gasteiger partial charge in [0.05, 0.1) is 13.1 Å². The lowest BCUT2D eigenvalue weighted by Crippen LogP contribution is -2.35. The van der Waals surface area contributed by atoms with Gasteiger partial charge in [0.2, 0.25) is 5.91 Å². The maximum Gasteiger partial charge on any atom is 0.233 e. The highest BCUT2D eigenvalue weighted by Crippen LogP contribution is 2.18. The topological polar surface area (TPSA) is 58.4 Å². The minimum atomic E-state index is 0.0413. The molecule has 4 nitrogen and oxygen atoms in total. The van der Waals surface area contributed by atoms with Crippen LogP contribution in [0.15, 0.2) is 11.4 Å². The summed E-state index contributed by atoms with van der Waals surface area (Å²) in [6.07, 6.45) is 1.02. The van der Waals surface area contributed by atoms with Crippen molar-refractivity contribution in [2.45, 2.75) is 19.9 Å². The Labute approximate surface area is 119 Å². The van der Waals surface area contributed by atoms with Crippen molar-refractivity contribution >= 4 is 17.2 Å². The second kappa shape index (κ2) is 8.70. The molecule has 1 heterocycles. The number of amides is 1. The monoisotopic (exact) mass is 279 g/mol. The van der Waals surface area contributed by atoms with Crippen LogP contribution in [0.5, 0.6) is 0 Å². The van der Waals surface area contributed by atoms with Crippen LogP contribution in [0, 0.1) is 11.8 Å². The largest absolute Gasteiger partial charge is 0.358 e. The van der Waals surface area contributed by atoms with E-state index in [1.165, 1.54) is 4.88 Å². The number of carbonyl (C=O) groups excluding carboxylic acids is 1. The Morgan fingerprint density at radius 3 is 3.00 bits per heavy atom. The highest BCUT2D eigenvalue weighted by atomic mass is 32.1. The molecule has 0 saturated carbocycles. The number of hydrogen-bond donors (Lipinski definition) is 2. The number of rotatable bonds is 6. The van der Waals surface area contributed by atoms with Crippen LogP contribution in [0.2, 0.25) is 0 Å². The molecule has 0 aliphatic rings. The first-order chi connectivity index (χ1) is 9.21. The molecule has 5 heteroatoms. The minimum absolute atomic E-state index is 0.0413. The first kappa shape index (κ1) is 15.7. The van der Waals surface area contributed by atoms with Gasteiger partial charge in [0.25, 0.3) is 0 Å². The summed E-state index contributed by atoms with van der Waals surface area (Å²) < 4.78 is 0. The van der Waals surface area contributed by atoms with Crippen LogP contribution >= 0.6 is 11.3 Å². The fourth-order valence-corrected chi connectivity index (χ4v) is 2.61. The van der Waals surface area contributed by atoms with E-state index in [1.54, 1.807) is 18.4 Å². The highest BCUT2D eigenvalue weighted by molar-refractivity contribution is 7.10. The SMILES string of the molecule is CCCN(CC(=O)NC)Cc1sccc1C#CCN. The van der Waals surface area contributed by atoms with Crippen molar-refractivity contribution in [2.24, 2.45) is 5.73 Å². The summed E-state index contributed by atoms with van der Waals surface area (Å²) in [6.45, 7) is 4.56. The van der Waals surface area contributed by atoms with Gasteiger partial charge < -0.3 is 11.1 Å². The van der Waals surface area contributed by atoms with Crippen molar-refractivity contribution in [3.63, 3.8) is 0 Å². The van der Waals surface area contributed by atoms with E-state index in [4.69, 9.17) is 5.73 Å². The molecule has 1 rings (SSSR count). The third kappa shape index (κ3) is 5.43. The number of nitrogens with zero attached hydrogens (tertiary/aromatic N) is 1. The molecule has 0 aromatic carbocycles. The van der Waals surface area contributed by atoms with E-state index in [-0.39, 0.29) is 5.91 Å². The van der Waals surface area contributed by atoms with E-state index in [9.17, 15) is 4.79 Å². The van der Waals surface area contributed by atoms with Gasteiger partial charge in [0.1, 0.15) is 0 Å². The molecule has 0 saturated heterocycles. The standard InChI is InChI=1S/C14H21N3OS/c1-3-8-17(11-14(18)16-2)10-13-12(5-4-7-15)6-9-19-13/h6,9H,3,7-8,10-11,15H2,1-2H3,(H,16,18). The Morgan fingerprint density at radius 1 is 1.58 bits per heavy atom. The Hall–Kier alpha value is -1.35. The fourth-order valence-electron chi connectivity index (χ4n) is 1.74. The third-order valence-corrected chi connectivity index (χ3v) is 3.53. The van der Waals surface area contributed by atoms with Gasteiger partial charge in [0, 0.05) is 24.0 Å². The molecule has 0 aliphatic heterocycles. The van der Waals surface area contributed by atoms with E-state index < -0.39 is 0 Å². The molecule has 0 bridgehead atoms. The van der Waals surface area contributed by atoms with Crippen molar-refractivity contribution in [3.05, 3.63) is 21.9 Å². The van der Waals surface area contributed by atoms with Crippen LogP contribution in [0.3, 0.4) is 0 Å². The summed E-state index contributed by atoms with van der Waals surface area (Å²) in [4.78, 5) is 14.8.